The van der Waals surface area contributed by atoms with Gasteiger partial charge in [-0.3, -0.25) is 0 Å². The summed E-state index contributed by atoms with van der Waals surface area (Å²) in [5.74, 6) is -0.351. The molecular formula is C23H24N2O3. The maximum atomic E-state index is 11.6. The molecule has 1 N–H and O–H groups in total. The Morgan fingerprint density at radius 3 is 2.75 bits per heavy atom. The zero-order valence-corrected chi connectivity index (χ0v) is 16.1. The fourth-order valence-electron chi connectivity index (χ4n) is 3.96. The van der Waals surface area contributed by atoms with Crippen LogP contribution in [0.4, 0.5) is 0 Å². The Morgan fingerprint density at radius 1 is 1.14 bits per heavy atom. The number of aromatic amines is 1. The standard InChI is InChI=1S/C23H24N2O3/c1-27-21(26)12-14-25-13-11-19-18-9-5-6-10-20(18)24-22(19)23(28-2)17-8-4-3-7-16(17)15-25/h3-10,12,14,23-24H,11,13,15H2,1-2H3/b14-12+. The van der Waals surface area contributed by atoms with E-state index in [1.54, 1.807) is 7.11 Å². The van der Waals surface area contributed by atoms with Gasteiger partial charge in [-0.15, -0.1) is 0 Å². The quantitative estimate of drug-likeness (QED) is 0.556. The van der Waals surface area contributed by atoms with E-state index in [1.165, 1.54) is 29.7 Å². The van der Waals surface area contributed by atoms with Gasteiger partial charge in [0.1, 0.15) is 6.10 Å². The van der Waals surface area contributed by atoms with Crippen molar-refractivity contribution in [3.05, 3.63) is 83.2 Å². The summed E-state index contributed by atoms with van der Waals surface area (Å²) in [6.07, 6.45) is 3.98. The molecule has 3 aromatic rings. The van der Waals surface area contributed by atoms with Gasteiger partial charge in [0.2, 0.25) is 0 Å². The second kappa shape index (κ2) is 7.90. The summed E-state index contributed by atoms with van der Waals surface area (Å²) in [6, 6.07) is 16.7. The molecular weight excluding hydrogens is 352 g/mol. The van der Waals surface area contributed by atoms with Crippen molar-refractivity contribution in [3.63, 3.8) is 0 Å². The molecule has 1 aliphatic rings. The van der Waals surface area contributed by atoms with Gasteiger partial charge in [0, 0.05) is 43.4 Å². The number of nitrogens with one attached hydrogen (secondary N) is 1. The van der Waals surface area contributed by atoms with Crippen LogP contribution < -0.4 is 0 Å². The van der Waals surface area contributed by atoms with E-state index in [-0.39, 0.29) is 12.1 Å². The molecule has 0 fully saturated rings. The van der Waals surface area contributed by atoms with Crippen LogP contribution in [0, 0.1) is 0 Å². The lowest BCUT2D eigenvalue weighted by atomic mass is 9.97. The molecule has 5 nitrogen and oxygen atoms in total. The van der Waals surface area contributed by atoms with E-state index >= 15 is 0 Å². The van der Waals surface area contributed by atoms with Gasteiger partial charge >= 0.3 is 5.97 Å². The van der Waals surface area contributed by atoms with Crippen molar-refractivity contribution in [1.82, 2.24) is 9.88 Å². The van der Waals surface area contributed by atoms with Crippen molar-refractivity contribution < 1.29 is 14.3 Å². The van der Waals surface area contributed by atoms with Crippen LogP contribution in [0.5, 0.6) is 0 Å². The Balaban J connectivity index is 1.84. The van der Waals surface area contributed by atoms with Gasteiger partial charge < -0.3 is 19.4 Å². The van der Waals surface area contributed by atoms with Crippen molar-refractivity contribution in [3.8, 4) is 0 Å². The number of fused-ring (bicyclic) bond motifs is 4. The highest BCUT2D eigenvalue weighted by Gasteiger charge is 2.25. The number of ether oxygens (including phenoxy) is 2. The molecule has 144 valence electrons. The molecule has 2 aromatic carbocycles. The van der Waals surface area contributed by atoms with Crippen LogP contribution in [0.3, 0.4) is 0 Å². The number of carbonyl (C=O) groups excluding carboxylic acids is 1. The van der Waals surface area contributed by atoms with Crippen LogP contribution in [-0.2, 0) is 27.2 Å². The molecule has 0 aliphatic carbocycles. The van der Waals surface area contributed by atoms with Crippen molar-refractivity contribution in [1.29, 1.82) is 0 Å². The number of nitrogens with zero attached hydrogens (tertiary/aromatic N) is 1. The van der Waals surface area contributed by atoms with Crippen LogP contribution >= 0.6 is 0 Å². The van der Waals surface area contributed by atoms with Gasteiger partial charge in [-0.25, -0.2) is 4.79 Å². The third-order valence-electron chi connectivity index (χ3n) is 5.33. The molecule has 1 atom stereocenters. The Hall–Kier alpha value is -3.05. The number of benzene rings is 2. The Labute approximate surface area is 164 Å². The van der Waals surface area contributed by atoms with E-state index in [0.717, 1.165) is 29.7 Å². The molecule has 0 radical (unpaired) electrons. The van der Waals surface area contributed by atoms with Crippen molar-refractivity contribution in [2.75, 3.05) is 20.8 Å². The number of hydrogen-bond donors (Lipinski definition) is 1. The Kier molecular flexibility index (Phi) is 5.17. The van der Waals surface area contributed by atoms with Gasteiger partial charge in [-0.1, -0.05) is 42.5 Å². The molecule has 2 heterocycles. The maximum absolute atomic E-state index is 11.6. The highest BCUT2D eigenvalue weighted by Crippen LogP contribution is 2.35. The van der Waals surface area contributed by atoms with E-state index in [4.69, 9.17) is 9.47 Å². The molecule has 0 saturated heterocycles. The van der Waals surface area contributed by atoms with Crippen LogP contribution in [0.1, 0.15) is 28.5 Å². The first-order valence-corrected chi connectivity index (χ1v) is 9.41. The summed E-state index contributed by atoms with van der Waals surface area (Å²) in [5, 5.41) is 1.22. The predicted molar refractivity (Wildman–Crippen MR) is 109 cm³/mol. The average molecular weight is 376 g/mol. The normalized spacial score (nSPS) is 16.9. The smallest absolute Gasteiger partial charge is 0.331 e. The summed E-state index contributed by atoms with van der Waals surface area (Å²) in [6.45, 7) is 1.48. The van der Waals surface area contributed by atoms with Gasteiger partial charge in [-0.2, -0.15) is 0 Å². The van der Waals surface area contributed by atoms with Gasteiger partial charge in [0.15, 0.2) is 0 Å². The van der Waals surface area contributed by atoms with Crippen LogP contribution in [-0.4, -0.2) is 36.6 Å². The SMILES string of the molecule is COC(=O)/C=C/N1CCc2c([nH]c3ccccc23)C(OC)c2ccccc2C1. The van der Waals surface area contributed by atoms with Crippen LogP contribution in [0.15, 0.2) is 60.8 Å². The number of aromatic nitrogens is 1. The second-order valence-corrected chi connectivity index (χ2v) is 6.94. The predicted octanol–water partition coefficient (Wildman–Crippen LogP) is 3.95. The minimum Gasteiger partial charge on any atom is -0.466 e. The van der Waals surface area contributed by atoms with Gasteiger partial charge in [0.25, 0.3) is 0 Å². The van der Waals surface area contributed by atoms with Crippen LogP contribution in [0.25, 0.3) is 10.9 Å². The molecule has 1 aliphatic heterocycles. The number of H-pyrrole nitrogens is 1. The fraction of sp³-hybridized carbons (Fsp3) is 0.261. The molecule has 0 saturated carbocycles. The Morgan fingerprint density at radius 2 is 1.93 bits per heavy atom. The fourth-order valence-corrected chi connectivity index (χ4v) is 3.96. The summed E-state index contributed by atoms with van der Waals surface area (Å²) in [4.78, 5) is 17.3. The van der Waals surface area contributed by atoms with E-state index in [0.29, 0.717) is 6.54 Å². The lowest BCUT2D eigenvalue weighted by molar-refractivity contribution is -0.134. The molecule has 5 heteroatoms. The third-order valence-corrected chi connectivity index (χ3v) is 5.33. The maximum Gasteiger partial charge on any atom is 0.331 e. The van der Waals surface area contributed by atoms with E-state index in [1.807, 2.05) is 24.4 Å². The lowest BCUT2D eigenvalue weighted by Crippen LogP contribution is -2.20. The first kappa shape index (κ1) is 18.3. The largest absolute Gasteiger partial charge is 0.466 e. The summed E-state index contributed by atoms with van der Waals surface area (Å²) < 4.78 is 10.7. The number of esters is 1. The first-order valence-electron chi connectivity index (χ1n) is 9.41. The molecule has 1 unspecified atom stereocenters. The lowest BCUT2D eigenvalue weighted by Gasteiger charge is -2.22. The third kappa shape index (κ3) is 3.41. The van der Waals surface area contributed by atoms with E-state index in [2.05, 4.69) is 40.2 Å². The second-order valence-electron chi connectivity index (χ2n) is 6.94. The summed E-state index contributed by atoms with van der Waals surface area (Å²) in [5.41, 5.74) is 5.79. The van der Waals surface area contributed by atoms with Crippen LogP contribution in [0.2, 0.25) is 0 Å². The molecule has 0 bridgehead atoms. The molecule has 0 amide bonds. The topological polar surface area (TPSA) is 54.6 Å². The zero-order chi connectivity index (χ0) is 19.5. The minimum absolute atomic E-state index is 0.164. The number of rotatable bonds is 3. The van der Waals surface area contributed by atoms with E-state index in [9.17, 15) is 4.79 Å². The van der Waals surface area contributed by atoms with Crippen molar-refractivity contribution >= 4 is 16.9 Å². The Bertz CT molecular complexity index is 1020. The van der Waals surface area contributed by atoms with Crippen molar-refractivity contribution in [2.24, 2.45) is 0 Å². The molecule has 4 rings (SSSR count). The monoisotopic (exact) mass is 376 g/mol. The van der Waals surface area contributed by atoms with Gasteiger partial charge in [-0.05, 0) is 29.2 Å². The summed E-state index contributed by atoms with van der Waals surface area (Å²) in [7, 11) is 3.14. The highest BCUT2D eigenvalue weighted by atomic mass is 16.5. The van der Waals surface area contributed by atoms with E-state index < -0.39 is 0 Å². The molecule has 1 aromatic heterocycles. The minimum atomic E-state index is -0.351. The van der Waals surface area contributed by atoms with Crippen molar-refractivity contribution in [2.45, 2.75) is 19.1 Å². The highest BCUT2D eigenvalue weighted by molar-refractivity contribution is 5.85. The molecule has 28 heavy (non-hydrogen) atoms. The number of hydrogen-bond acceptors (Lipinski definition) is 4. The number of carbonyl (C=O) groups is 1. The zero-order valence-electron chi connectivity index (χ0n) is 16.1. The summed E-state index contributed by atoms with van der Waals surface area (Å²) >= 11 is 0. The first-order chi connectivity index (χ1) is 13.7. The molecule has 0 spiro atoms. The number of methoxy groups -OCH3 is 2. The van der Waals surface area contributed by atoms with Gasteiger partial charge in [0.05, 0.1) is 12.8 Å². The number of para-hydroxylation sites is 1. The average Bonchev–Trinajstić information content (AvgIpc) is 3.11.